The van der Waals surface area contributed by atoms with Crippen molar-refractivity contribution >= 4 is 11.6 Å². The Balaban J connectivity index is 1.62. The Morgan fingerprint density at radius 3 is 2.56 bits per heavy atom. The predicted octanol–water partition coefficient (Wildman–Crippen LogP) is 4.33. The molecule has 7 heteroatoms. The average Bonchev–Trinajstić information content (AvgIpc) is 2.52. The summed E-state index contributed by atoms with van der Waals surface area (Å²) >= 11 is 5.99. The van der Waals surface area contributed by atoms with Gasteiger partial charge < -0.3 is 14.8 Å². The van der Waals surface area contributed by atoms with Crippen LogP contribution < -0.4 is 14.8 Å². The highest BCUT2D eigenvalue weighted by Crippen LogP contribution is 2.32. The van der Waals surface area contributed by atoms with Crippen molar-refractivity contribution in [1.29, 1.82) is 0 Å². The van der Waals surface area contributed by atoms with Crippen LogP contribution >= 0.6 is 11.6 Å². The lowest BCUT2D eigenvalue weighted by molar-refractivity contribution is -0.137. The number of rotatable bonds is 6. The third-order valence-corrected chi connectivity index (χ3v) is 4.08. The zero-order valence-electron chi connectivity index (χ0n) is 13.3. The Labute approximate surface area is 148 Å². The van der Waals surface area contributed by atoms with Gasteiger partial charge in [-0.15, -0.1) is 0 Å². The fourth-order valence-electron chi connectivity index (χ4n) is 2.40. The van der Waals surface area contributed by atoms with Gasteiger partial charge in [0.2, 0.25) is 0 Å². The topological polar surface area (TPSA) is 30.5 Å². The molecule has 0 aromatic heterocycles. The van der Waals surface area contributed by atoms with Crippen LogP contribution in [0.3, 0.4) is 0 Å². The molecule has 1 N–H and O–H groups in total. The van der Waals surface area contributed by atoms with E-state index in [-0.39, 0.29) is 12.7 Å². The monoisotopic (exact) mass is 371 g/mol. The number of alkyl halides is 3. The molecule has 0 bridgehead atoms. The van der Waals surface area contributed by atoms with Crippen molar-refractivity contribution in [1.82, 2.24) is 5.32 Å². The van der Waals surface area contributed by atoms with Crippen molar-refractivity contribution in [3.05, 3.63) is 58.6 Å². The Hall–Kier alpha value is -1.92. The zero-order valence-corrected chi connectivity index (χ0v) is 14.0. The number of benzene rings is 2. The van der Waals surface area contributed by atoms with E-state index in [1.54, 1.807) is 24.3 Å². The molecular weight excluding hydrogens is 355 g/mol. The zero-order chi connectivity index (χ0) is 17.9. The van der Waals surface area contributed by atoms with Gasteiger partial charge in [0.25, 0.3) is 0 Å². The molecule has 3 rings (SSSR count). The van der Waals surface area contributed by atoms with Crippen LogP contribution in [0.25, 0.3) is 0 Å². The molecule has 0 radical (unpaired) electrons. The molecular formula is C18H17ClF3NO2. The van der Waals surface area contributed by atoms with Gasteiger partial charge in [0, 0.05) is 30.6 Å². The molecule has 2 aromatic rings. The van der Waals surface area contributed by atoms with Gasteiger partial charge in [0.1, 0.15) is 6.10 Å². The van der Waals surface area contributed by atoms with Gasteiger partial charge >= 0.3 is 6.18 Å². The first kappa shape index (κ1) is 17.9. The smallest absolute Gasteiger partial charge is 0.416 e. The van der Waals surface area contributed by atoms with E-state index in [9.17, 15) is 13.2 Å². The molecule has 0 amide bonds. The molecule has 1 heterocycles. The Bertz CT molecular complexity index is 733. The molecule has 134 valence electrons. The summed E-state index contributed by atoms with van der Waals surface area (Å²) in [6.07, 6.45) is -3.91. The minimum Gasteiger partial charge on any atom is -0.489 e. The van der Waals surface area contributed by atoms with E-state index < -0.39 is 11.7 Å². The fourth-order valence-corrected chi connectivity index (χ4v) is 2.56. The maximum Gasteiger partial charge on any atom is 0.416 e. The van der Waals surface area contributed by atoms with E-state index >= 15 is 0 Å². The lowest BCUT2D eigenvalue weighted by atomic mass is 10.1. The van der Waals surface area contributed by atoms with Crippen molar-refractivity contribution in [2.75, 3.05) is 19.7 Å². The van der Waals surface area contributed by atoms with Crippen molar-refractivity contribution in [3.8, 4) is 11.5 Å². The average molecular weight is 372 g/mol. The SMILES string of the molecule is FC(F)(F)c1cccc(CCOc2ccc(Cl)cc2OC2CNC2)c1. The first-order chi connectivity index (χ1) is 11.9. The van der Waals surface area contributed by atoms with Crippen LogP contribution in [0.5, 0.6) is 11.5 Å². The van der Waals surface area contributed by atoms with Crippen LogP contribution in [0.2, 0.25) is 5.02 Å². The second-order valence-corrected chi connectivity index (χ2v) is 6.22. The lowest BCUT2D eigenvalue weighted by Gasteiger charge is -2.28. The summed E-state index contributed by atoms with van der Waals surface area (Å²) in [7, 11) is 0. The van der Waals surface area contributed by atoms with Crippen LogP contribution in [0.4, 0.5) is 13.2 Å². The Morgan fingerprint density at radius 2 is 1.88 bits per heavy atom. The summed E-state index contributed by atoms with van der Waals surface area (Å²) in [6.45, 7) is 1.76. The summed E-state index contributed by atoms with van der Waals surface area (Å²) in [4.78, 5) is 0. The second kappa shape index (κ2) is 7.54. The molecule has 25 heavy (non-hydrogen) atoms. The third kappa shape index (κ3) is 4.80. The quantitative estimate of drug-likeness (QED) is 0.819. The van der Waals surface area contributed by atoms with Gasteiger partial charge in [0.15, 0.2) is 11.5 Å². The van der Waals surface area contributed by atoms with Gasteiger partial charge in [-0.05, 0) is 23.8 Å². The van der Waals surface area contributed by atoms with Crippen LogP contribution in [-0.2, 0) is 12.6 Å². The molecule has 0 spiro atoms. The van der Waals surface area contributed by atoms with Crippen LogP contribution in [0.1, 0.15) is 11.1 Å². The van der Waals surface area contributed by atoms with E-state index in [1.807, 2.05) is 0 Å². The first-order valence-electron chi connectivity index (χ1n) is 7.88. The normalized spacial score (nSPS) is 14.9. The predicted molar refractivity (Wildman–Crippen MR) is 89.4 cm³/mol. The molecule has 0 atom stereocenters. The number of hydrogen-bond donors (Lipinski definition) is 1. The highest BCUT2D eigenvalue weighted by atomic mass is 35.5. The second-order valence-electron chi connectivity index (χ2n) is 5.79. The Morgan fingerprint density at radius 1 is 1.08 bits per heavy atom. The van der Waals surface area contributed by atoms with E-state index in [0.717, 1.165) is 25.2 Å². The van der Waals surface area contributed by atoms with Gasteiger partial charge in [-0.3, -0.25) is 0 Å². The minimum atomic E-state index is -4.34. The minimum absolute atomic E-state index is 0.0734. The van der Waals surface area contributed by atoms with E-state index in [1.165, 1.54) is 6.07 Å². The number of nitrogens with one attached hydrogen (secondary N) is 1. The first-order valence-corrected chi connectivity index (χ1v) is 8.25. The van der Waals surface area contributed by atoms with E-state index in [0.29, 0.717) is 28.5 Å². The molecule has 1 saturated heterocycles. The fraction of sp³-hybridized carbons (Fsp3) is 0.333. The van der Waals surface area contributed by atoms with E-state index in [4.69, 9.17) is 21.1 Å². The Kier molecular flexibility index (Phi) is 5.39. The van der Waals surface area contributed by atoms with Crippen molar-refractivity contribution in [2.24, 2.45) is 0 Å². The van der Waals surface area contributed by atoms with Crippen molar-refractivity contribution in [2.45, 2.75) is 18.7 Å². The van der Waals surface area contributed by atoms with Gasteiger partial charge in [-0.1, -0.05) is 29.8 Å². The summed E-state index contributed by atoms with van der Waals surface area (Å²) in [5, 5.41) is 3.64. The van der Waals surface area contributed by atoms with Crippen molar-refractivity contribution in [3.63, 3.8) is 0 Å². The molecule has 1 fully saturated rings. The van der Waals surface area contributed by atoms with Gasteiger partial charge in [-0.2, -0.15) is 13.2 Å². The lowest BCUT2D eigenvalue weighted by Crippen LogP contribution is -2.50. The van der Waals surface area contributed by atoms with Crippen LogP contribution in [0, 0.1) is 0 Å². The molecule has 1 aliphatic rings. The van der Waals surface area contributed by atoms with Crippen LogP contribution in [-0.4, -0.2) is 25.8 Å². The van der Waals surface area contributed by atoms with Gasteiger partial charge in [-0.25, -0.2) is 0 Å². The van der Waals surface area contributed by atoms with Crippen molar-refractivity contribution < 1.29 is 22.6 Å². The molecule has 0 unspecified atom stereocenters. The molecule has 2 aromatic carbocycles. The summed E-state index contributed by atoms with van der Waals surface area (Å²) in [5.74, 6) is 1.08. The summed E-state index contributed by atoms with van der Waals surface area (Å²) in [5.41, 5.74) is -0.0903. The third-order valence-electron chi connectivity index (χ3n) is 3.85. The van der Waals surface area contributed by atoms with E-state index in [2.05, 4.69) is 5.32 Å². The summed E-state index contributed by atoms with van der Waals surface area (Å²) in [6, 6.07) is 10.3. The number of halogens is 4. The molecule has 3 nitrogen and oxygen atoms in total. The largest absolute Gasteiger partial charge is 0.489 e. The highest BCUT2D eigenvalue weighted by Gasteiger charge is 2.30. The summed E-state index contributed by atoms with van der Waals surface area (Å²) < 4.78 is 49.7. The number of ether oxygens (including phenoxy) is 2. The molecule has 0 saturated carbocycles. The standard InChI is InChI=1S/C18H17ClF3NO2/c19-14-4-5-16(17(9-14)25-15-10-23-11-15)24-7-6-12-2-1-3-13(8-12)18(20,21)22/h1-5,8-9,15,23H,6-7,10-11H2. The number of hydrogen-bond acceptors (Lipinski definition) is 3. The molecule has 0 aliphatic carbocycles. The maximum absolute atomic E-state index is 12.7. The van der Waals surface area contributed by atoms with Crippen LogP contribution in [0.15, 0.2) is 42.5 Å². The van der Waals surface area contributed by atoms with Gasteiger partial charge in [0.05, 0.1) is 12.2 Å². The highest BCUT2D eigenvalue weighted by molar-refractivity contribution is 6.30. The maximum atomic E-state index is 12.7. The molecule has 1 aliphatic heterocycles.